The molecular weight excluding hydrogens is 314 g/mol. The summed E-state index contributed by atoms with van der Waals surface area (Å²) in [6.45, 7) is 0. The molecule has 4 N–H and O–H groups in total. The summed E-state index contributed by atoms with van der Waals surface area (Å²) >= 11 is 0. The number of amides is 1. The highest BCUT2D eigenvalue weighted by Crippen LogP contribution is 2.29. The van der Waals surface area contributed by atoms with Gasteiger partial charge in [-0.3, -0.25) is 9.48 Å². The Morgan fingerprint density at radius 2 is 2.32 bits per heavy atom. The largest absolute Gasteiger partial charge is 0.361 e. The number of nitrogens with two attached hydrogens (primary N) is 1. The second-order valence-electron chi connectivity index (χ2n) is 6.79. The number of aryl methyl sites for hydroxylation is 1. The molecule has 1 aliphatic carbocycles. The van der Waals surface area contributed by atoms with Gasteiger partial charge in [-0.05, 0) is 37.3 Å². The van der Waals surface area contributed by atoms with Crippen LogP contribution in [0.15, 0.2) is 36.7 Å². The Labute approximate surface area is 146 Å². The molecule has 0 radical (unpaired) electrons. The van der Waals surface area contributed by atoms with E-state index in [1.54, 1.807) is 0 Å². The normalized spacial score (nSPS) is 18.1. The molecular formula is C19H23N5O. The number of nitrogens with zero attached hydrogens (tertiary/aromatic N) is 2. The summed E-state index contributed by atoms with van der Waals surface area (Å²) < 4.78 is 1.90. The predicted molar refractivity (Wildman–Crippen MR) is 97.0 cm³/mol. The van der Waals surface area contributed by atoms with E-state index in [0.717, 1.165) is 41.3 Å². The van der Waals surface area contributed by atoms with Crippen molar-refractivity contribution >= 4 is 16.8 Å². The highest BCUT2D eigenvalue weighted by molar-refractivity contribution is 5.86. The Hall–Kier alpha value is -2.60. The SMILES string of the molecule is Cn1ncc2c1CCCC2NC(=O)[C@@H](N)Cc1c[nH]c2ccccc12. The van der Waals surface area contributed by atoms with Crippen molar-refractivity contribution in [2.45, 2.75) is 37.8 Å². The minimum absolute atomic E-state index is 0.0129. The molecule has 130 valence electrons. The van der Waals surface area contributed by atoms with E-state index in [4.69, 9.17) is 5.73 Å². The van der Waals surface area contributed by atoms with Crippen LogP contribution in [0.1, 0.15) is 35.7 Å². The van der Waals surface area contributed by atoms with Gasteiger partial charge in [0.2, 0.25) is 5.91 Å². The molecule has 1 aromatic carbocycles. The highest BCUT2D eigenvalue weighted by atomic mass is 16.2. The molecule has 6 heteroatoms. The number of fused-ring (bicyclic) bond motifs is 2. The molecule has 0 saturated carbocycles. The van der Waals surface area contributed by atoms with Crippen LogP contribution in [-0.4, -0.2) is 26.7 Å². The van der Waals surface area contributed by atoms with Crippen LogP contribution in [0.5, 0.6) is 0 Å². The molecule has 0 saturated heterocycles. The molecule has 3 aromatic rings. The van der Waals surface area contributed by atoms with Crippen molar-refractivity contribution in [3.63, 3.8) is 0 Å². The van der Waals surface area contributed by atoms with Gasteiger partial charge in [-0.2, -0.15) is 5.10 Å². The first kappa shape index (κ1) is 15.9. The predicted octanol–water partition coefficient (Wildman–Crippen LogP) is 1.96. The maximum absolute atomic E-state index is 12.6. The molecule has 1 unspecified atom stereocenters. The molecule has 6 nitrogen and oxygen atoms in total. The zero-order valence-corrected chi connectivity index (χ0v) is 14.3. The fraction of sp³-hybridized carbons (Fsp3) is 0.368. The van der Waals surface area contributed by atoms with E-state index in [1.165, 1.54) is 5.69 Å². The molecule has 0 bridgehead atoms. The Kier molecular flexibility index (Phi) is 4.05. The second-order valence-corrected chi connectivity index (χ2v) is 6.79. The number of aromatic amines is 1. The average molecular weight is 337 g/mol. The van der Waals surface area contributed by atoms with Gasteiger partial charge in [-0.15, -0.1) is 0 Å². The lowest BCUT2D eigenvalue weighted by Crippen LogP contribution is -2.44. The lowest BCUT2D eigenvalue weighted by atomic mass is 9.92. The van der Waals surface area contributed by atoms with Crippen LogP contribution in [0.4, 0.5) is 0 Å². The molecule has 2 heterocycles. The number of nitrogens with one attached hydrogen (secondary N) is 2. The molecule has 25 heavy (non-hydrogen) atoms. The summed E-state index contributed by atoms with van der Waals surface area (Å²) in [6, 6.07) is 7.51. The Morgan fingerprint density at radius 1 is 1.48 bits per heavy atom. The highest BCUT2D eigenvalue weighted by Gasteiger charge is 2.26. The van der Waals surface area contributed by atoms with Crippen LogP contribution < -0.4 is 11.1 Å². The van der Waals surface area contributed by atoms with Crippen molar-refractivity contribution < 1.29 is 4.79 Å². The van der Waals surface area contributed by atoms with E-state index in [1.807, 2.05) is 42.3 Å². The van der Waals surface area contributed by atoms with E-state index < -0.39 is 6.04 Å². The van der Waals surface area contributed by atoms with Crippen LogP contribution in [0, 0.1) is 0 Å². The third kappa shape index (κ3) is 2.93. The Balaban J connectivity index is 1.46. The summed E-state index contributed by atoms with van der Waals surface area (Å²) in [7, 11) is 1.95. The maximum Gasteiger partial charge on any atom is 0.237 e. The smallest absolute Gasteiger partial charge is 0.237 e. The number of benzene rings is 1. The van der Waals surface area contributed by atoms with Crippen molar-refractivity contribution in [3.8, 4) is 0 Å². The molecule has 2 aromatic heterocycles. The van der Waals surface area contributed by atoms with Crippen molar-refractivity contribution in [1.82, 2.24) is 20.1 Å². The van der Waals surface area contributed by atoms with E-state index in [0.29, 0.717) is 6.42 Å². The fourth-order valence-electron chi connectivity index (χ4n) is 3.77. The number of rotatable bonds is 4. The molecule has 0 aliphatic heterocycles. The summed E-state index contributed by atoms with van der Waals surface area (Å²) in [5, 5.41) is 8.57. The van der Waals surface area contributed by atoms with Crippen LogP contribution in [-0.2, 0) is 24.7 Å². The molecule has 4 rings (SSSR count). The first-order chi connectivity index (χ1) is 12.1. The number of aromatic nitrogens is 3. The monoisotopic (exact) mass is 337 g/mol. The van der Waals surface area contributed by atoms with Gasteiger partial charge in [0.25, 0.3) is 0 Å². The van der Waals surface area contributed by atoms with Crippen molar-refractivity contribution in [3.05, 3.63) is 53.5 Å². The van der Waals surface area contributed by atoms with E-state index >= 15 is 0 Å². The van der Waals surface area contributed by atoms with Crippen LogP contribution in [0.2, 0.25) is 0 Å². The fourth-order valence-corrected chi connectivity index (χ4v) is 3.77. The van der Waals surface area contributed by atoms with E-state index in [9.17, 15) is 4.79 Å². The van der Waals surface area contributed by atoms with Gasteiger partial charge >= 0.3 is 0 Å². The van der Waals surface area contributed by atoms with Crippen LogP contribution in [0.25, 0.3) is 10.9 Å². The van der Waals surface area contributed by atoms with Gasteiger partial charge in [0.05, 0.1) is 18.3 Å². The first-order valence-corrected chi connectivity index (χ1v) is 8.75. The molecule has 1 aliphatic rings. The maximum atomic E-state index is 12.6. The van der Waals surface area contributed by atoms with Gasteiger partial charge < -0.3 is 16.0 Å². The quantitative estimate of drug-likeness (QED) is 0.680. The van der Waals surface area contributed by atoms with Gasteiger partial charge in [-0.1, -0.05) is 18.2 Å². The number of para-hydroxylation sites is 1. The number of hydrogen-bond donors (Lipinski definition) is 3. The first-order valence-electron chi connectivity index (χ1n) is 8.75. The van der Waals surface area contributed by atoms with Gasteiger partial charge in [0.1, 0.15) is 0 Å². The number of carbonyl (C=O) groups is 1. The van der Waals surface area contributed by atoms with E-state index in [2.05, 4.69) is 21.5 Å². The third-order valence-corrected chi connectivity index (χ3v) is 5.14. The zero-order valence-electron chi connectivity index (χ0n) is 14.3. The zero-order chi connectivity index (χ0) is 17.4. The molecule has 1 amide bonds. The third-order valence-electron chi connectivity index (χ3n) is 5.14. The summed E-state index contributed by atoms with van der Waals surface area (Å²) in [4.78, 5) is 15.8. The van der Waals surface area contributed by atoms with Gasteiger partial charge in [0.15, 0.2) is 0 Å². The number of H-pyrrole nitrogens is 1. The Bertz CT molecular complexity index is 910. The van der Waals surface area contributed by atoms with Crippen LogP contribution >= 0.6 is 0 Å². The number of carbonyl (C=O) groups excluding carboxylic acids is 1. The van der Waals surface area contributed by atoms with Crippen molar-refractivity contribution in [1.29, 1.82) is 0 Å². The van der Waals surface area contributed by atoms with Gasteiger partial charge in [-0.25, -0.2) is 0 Å². The minimum atomic E-state index is -0.568. The lowest BCUT2D eigenvalue weighted by molar-refractivity contribution is -0.123. The Morgan fingerprint density at radius 3 is 3.20 bits per heavy atom. The van der Waals surface area contributed by atoms with E-state index in [-0.39, 0.29) is 11.9 Å². The summed E-state index contributed by atoms with van der Waals surface area (Å²) in [6.07, 6.45) is 7.32. The standard InChI is InChI=1S/C19H23N5O/c1-24-18-8-4-7-17(14(18)11-22-24)23-19(25)15(20)9-12-10-21-16-6-3-2-5-13(12)16/h2-3,5-6,10-11,15,17,21H,4,7-9,20H2,1H3,(H,23,25)/t15-,17?/m0/s1. The van der Waals surface area contributed by atoms with Crippen LogP contribution in [0.3, 0.4) is 0 Å². The average Bonchev–Trinajstić information content (AvgIpc) is 3.20. The lowest BCUT2D eigenvalue weighted by Gasteiger charge is -2.25. The molecule has 2 atom stereocenters. The minimum Gasteiger partial charge on any atom is -0.361 e. The summed E-state index contributed by atoms with van der Waals surface area (Å²) in [5.41, 5.74) is 10.7. The summed E-state index contributed by atoms with van der Waals surface area (Å²) in [5.74, 6) is -0.105. The van der Waals surface area contributed by atoms with Crippen molar-refractivity contribution in [2.75, 3.05) is 0 Å². The van der Waals surface area contributed by atoms with Gasteiger partial charge in [0, 0.05) is 35.4 Å². The molecule has 0 fully saturated rings. The van der Waals surface area contributed by atoms with Crippen molar-refractivity contribution in [2.24, 2.45) is 12.8 Å². The number of hydrogen-bond acceptors (Lipinski definition) is 3. The molecule has 0 spiro atoms. The second kappa shape index (κ2) is 6.37. The topological polar surface area (TPSA) is 88.7 Å².